The SMILES string of the molecule is CCc1noc2ncc(C(=O)N3CCC(C)(CN)C3)cc12.Cl. The number of likely N-dealkylation sites (tertiary alicyclic amines) is 1. The molecule has 0 aromatic carbocycles. The molecule has 1 amide bonds. The zero-order valence-electron chi connectivity index (χ0n) is 12.8. The van der Waals surface area contributed by atoms with Gasteiger partial charge in [0.2, 0.25) is 0 Å². The van der Waals surface area contributed by atoms with E-state index >= 15 is 0 Å². The number of rotatable bonds is 3. The van der Waals surface area contributed by atoms with Gasteiger partial charge in [0.05, 0.1) is 16.6 Å². The van der Waals surface area contributed by atoms with Gasteiger partial charge >= 0.3 is 0 Å². The lowest BCUT2D eigenvalue weighted by Gasteiger charge is -2.22. The first kappa shape index (κ1) is 16.7. The van der Waals surface area contributed by atoms with Crippen molar-refractivity contribution in [2.45, 2.75) is 26.7 Å². The summed E-state index contributed by atoms with van der Waals surface area (Å²) in [6.07, 6.45) is 3.26. The number of halogens is 1. The van der Waals surface area contributed by atoms with E-state index in [1.54, 1.807) is 6.20 Å². The predicted octanol–water partition coefficient (Wildman–Crippen LogP) is 2.02. The summed E-state index contributed by atoms with van der Waals surface area (Å²) >= 11 is 0. The van der Waals surface area contributed by atoms with Gasteiger partial charge in [-0.25, -0.2) is 4.98 Å². The first-order valence-corrected chi connectivity index (χ1v) is 7.30. The molecule has 2 aromatic rings. The van der Waals surface area contributed by atoms with Crippen molar-refractivity contribution in [3.63, 3.8) is 0 Å². The molecule has 1 aliphatic heterocycles. The Labute approximate surface area is 135 Å². The third-order valence-corrected chi connectivity index (χ3v) is 4.32. The average molecular weight is 325 g/mol. The monoisotopic (exact) mass is 324 g/mol. The molecule has 1 fully saturated rings. The normalized spacial score (nSPS) is 21.1. The number of carbonyl (C=O) groups is 1. The molecule has 2 N–H and O–H groups in total. The highest BCUT2D eigenvalue weighted by Gasteiger charge is 2.35. The number of amides is 1. The number of fused-ring (bicyclic) bond motifs is 1. The molecule has 3 heterocycles. The standard InChI is InChI=1S/C15H20N4O2.ClH/c1-3-12-11-6-10(7-17-13(11)21-18-12)14(20)19-5-4-15(2,8-16)9-19;/h6-7H,3-5,8-9,16H2,1-2H3;1H. The number of nitrogens with two attached hydrogens (primary N) is 1. The maximum Gasteiger partial charge on any atom is 0.257 e. The fraction of sp³-hybridized carbons (Fsp3) is 0.533. The first-order valence-electron chi connectivity index (χ1n) is 7.30. The van der Waals surface area contributed by atoms with Crippen LogP contribution in [0.3, 0.4) is 0 Å². The molecular weight excluding hydrogens is 304 g/mol. The maximum absolute atomic E-state index is 12.6. The Morgan fingerprint density at radius 1 is 1.55 bits per heavy atom. The van der Waals surface area contributed by atoms with Crippen molar-refractivity contribution in [2.24, 2.45) is 11.1 Å². The summed E-state index contributed by atoms with van der Waals surface area (Å²) in [7, 11) is 0. The Morgan fingerprint density at radius 2 is 2.32 bits per heavy atom. The topological polar surface area (TPSA) is 85.2 Å². The van der Waals surface area contributed by atoms with Gasteiger partial charge in [-0.3, -0.25) is 4.79 Å². The second-order valence-corrected chi connectivity index (χ2v) is 6.05. The molecule has 0 radical (unpaired) electrons. The van der Waals surface area contributed by atoms with E-state index in [0.29, 0.717) is 24.4 Å². The second kappa shape index (κ2) is 6.22. The highest BCUT2D eigenvalue weighted by Crippen LogP contribution is 2.30. The molecule has 2 aromatic heterocycles. The molecule has 0 saturated carbocycles. The van der Waals surface area contributed by atoms with Crippen LogP contribution in [0.4, 0.5) is 0 Å². The predicted molar refractivity (Wildman–Crippen MR) is 86.1 cm³/mol. The lowest BCUT2D eigenvalue weighted by molar-refractivity contribution is 0.0776. The lowest BCUT2D eigenvalue weighted by atomic mass is 9.90. The van der Waals surface area contributed by atoms with Crippen LogP contribution in [0.5, 0.6) is 0 Å². The van der Waals surface area contributed by atoms with E-state index in [0.717, 1.165) is 30.5 Å². The fourth-order valence-electron chi connectivity index (χ4n) is 2.80. The fourth-order valence-corrected chi connectivity index (χ4v) is 2.80. The van der Waals surface area contributed by atoms with Gasteiger partial charge in [0.15, 0.2) is 0 Å². The van der Waals surface area contributed by atoms with E-state index in [1.165, 1.54) is 0 Å². The molecule has 6 nitrogen and oxygen atoms in total. The molecule has 0 spiro atoms. The van der Waals surface area contributed by atoms with Crippen molar-refractivity contribution in [3.05, 3.63) is 23.5 Å². The zero-order chi connectivity index (χ0) is 15.0. The number of pyridine rings is 1. The van der Waals surface area contributed by atoms with Crippen LogP contribution in [0.1, 0.15) is 36.3 Å². The third-order valence-electron chi connectivity index (χ3n) is 4.32. The van der Waals surface area contributed by atoms with E-state index in [9.17, 15) is 4.79 Å². The highest BCUT2D eigenvalue weighted by molar-refractivity contribution is 5.97. The summed E-state index contributed by atoms with van der Waals surface area (Å²) in [6.45, 7) is 6.16. The quantitative estimate of drug-likeness (QED) is 0.933. The van der Waals surface area contributed by atoms with Crippen LogP contribution in [-0.2, 0) is 6.42 Å². The van der Waals surface area contributed by atoms with Crippen LogP contribution in [-0.4, -0.2) is 40.6 Å². The smallest absolute Gasteiger partial charge is 0.257 e. The highest BCUT2D eigenvalue weighted by atomic mass is 35.5. The van der Waals surface area contributed by atoms with Crippen LogP contribution in [0, 0.1) is 5.41 Å². The Hall–Kier alpha value is -1.66. The molecule has 1 saturated heterocycles. The summed E-state index contributed by atoms with van der Waals surface area (Å²) in [5, 5.41) is 4.79. The molecule has 7 heteroatoms. The zero-order valence-corrected chi connectivity index (χ0v) is 13.7. The van der Waals surface area contributed by atoms with Crippen molar-refractivity contribution in [2.75, 3.05) is 19.6 Å². The second-order valence-electron chi connectivity index (χ2n) is 6.05. The summed E-state index contributed by atoms with van der Waals surface area (Å²) in [5.41, 5.74) is 7.72. The number of hydrogen-bond donors (Lipinski definition) is 1. The Morgan fingerprint density at radius 3 is 2.95 bits per heavy atom. The van der Waals surface area contributed by atoms with E-state index < -0.39 is 0 Å². The molecule has 3 rings (SSSR count). The van der Waals surface area contributed by atoms with Gasteiger partial charge < -0.3 is 15.2 Å². The number of hydrogen-bond acceptors (Lipinski definition) is 5. The first-order chi connectivity index (χ1) is 10.1. The summed E-state index contributed by atoms with van der Waals surface area (Å²) in [4.78, 5) is 18.7. The van der Waals surface area contributed by atoms with Gasteiger partial charge in [0.1, 0.15) is 0 Å². The summed E-state index contributed by atoms with van der Waals surface area (Å²) in [5.74, 6) is 0.00447. The molecule has 1 atom stereocenters. The molecule has 1 aliphatic rings. The van der Waals surface area contributed by atoms with Crippen molar-refractivity contribution in [3.8, 4) is 0 Å². The molecular formula is C15H21ClN4O2. The van der Waals surface area contributed by atoms with Gasteiger partial charge in [0, 0.05) is 19.3 Å². The van der Waals surface area contributed by atoms with Crippen LogP contribution >= 0.6 is 12.4 Å². The van der Waals surface area contributed by atoms with E-state index in [1.807, 2.05) is 17.9 Å². The van der Waals surface area contributed by atoms with Crippen LogP contribution in [0.15, 0.2) is 16.8 Å². The summed E-state index contributed by atoms with van der Waals surface area (Å²) in [6, 6.07) is 1.83. The van der Waals surface area contributed by atoms with Crippen LogP contribution < -0.4 is 5.73 Å². The Bertz CT molecular complexity index is 687. The van der Waals surface area contributed by atoms with Crippen LogP contribution in [0.2, 0.25) is 0 Å². The number of aryl methyl sites for hydroxylation is 1. The summed E-state index contributed by atoms with van der Waals surface area (Å²) < 4.78 is 5.15. The minimum absolute atomic E-state index is 0. The van der Waals surface area contributed by atoms with Gasteiger partial charge in [0.25, 0.3) is 11.6 Å². The van der Waals surface area contributed by atoms with Crippen LogP contribution in [0.25, 0.3) is 11.1 Å². The minimum Gasteiger partial charge on any atom is -0.338 e. The number of aromatic nitrogens is 2. The molecule has 0 bridgehead atoms. The largest absolute Gasteiger partial charge is 0.338 e. The van der Waals surface area contributed by atoms with Crippen molar-refractivity contribution >= 4 is 29.4 Å². The number of nitrogens with zero attached hydrogens (tertiary/aromatic N) is 3. The lowest BCUT2D eigenvalue weighted by Crippen LogP contribution is -2.34. The maximum atomic E-state index is 12.6. The van der Waals surface area contributed by atoms with E-state index in [4.69, 9.17) is 10.3 Å². The van der Waals surface area contributed by atoms with Crippen molar-refractivity contribution in [1.29, 1.82) is 0 Å². The third kappa shape index (κ3) is 2.80. The van der Waals surface area contributed by atoms with E-state index in [2.05, 4.69) is 17.1 Å². The van der Waals surface area contributed by atoms with Gasteiger partial charge in [-0.05, 0) is 30.9 Å². The van der Waals surface area contributed by atoms with Crippen molar-refractivity contribution in [1.82, 2.24) is 15.0 Å². The van der Waals surface area contributed by atoms with E-state index in [-0.39, 0.29) is 23.7 Å². The molecule has 120 valence electrons. The molecule has 0 aliphatic carbocycles. The molecule has 22 heavy (non-hydrogen) atoms. The minimum atomic E-state index is 0. The Balaban J connectivity index is 0.00000176. The molecule has 1 unspecified atom stereocenters. The van der Waals surface area contributed by atoms with Gasteiger partial charge in [-0.1, -0.05) is 19.0 Å². The Kier molecular flexibility index (Phi) is 4.72. The van der Waals surface area contributed by atoms with Gasteiger partial charge in [-0.2, -0.15) is 0 Å². The average Bonchev–Trinajstić information content (AvgIpc) is 3.10. The van der Waals surface area contributed by atoms with Crippen molar-refractivity contribution < 1.29 is 9.32 Å². The number of carbonyl (C=O) groups excluding carboxylic acids is 1. The van der Waals surface area contributed by atoms with Gasteiger partial charge in [-0.15, -0.1) is 12.4 Å².